The molecular formula is C25H25BrClF6N5O6S. The van der Waals surface area contributed by atoms with E-state index < -0.39 is 30.3 Å². The van der Waals surface area contributed by atoms with E-state index in [2.05, 4.69) is 41.8 Å². The molecule has 20 heteroatoms. The van der Waals surface area contributed by atoms with Crippen LogP contribution in [0.15, 0.2) is 35.1 Å². The first-order valence-corrected chi connectivity index (χ1v) is 14.5. The van der Waals surface area contributed by atoms with Crippen LogP contribution in [0.1, 0.15) is 23.9 Å². The zero-order valence-corrected chi connectivity index (χ0v) is 26.0. The summed E-state index contributed by atoms with van der Waals surface area (Å²) >= 11 is 11.1. The summed E-state index contributed by atoms with van der Waals surface area (Å²) in [6.45, 7) is 2.82. The van der Waals surface area contributed by atoms with E-state index in [0.29, 0.717) is 12.5 Å². The van der Waals surface area contributed by atoms with Crippen molar-refractivity contribution in [1.82, 2.24) is 25.9 Å². The number of carbonyl (C=O) groups excluding carboxylic acids is 2. The topological polar surface area (TPSA) is 174 Å². The molecule has 4 heterocycles. The molecule has 1 saturated heterocycles. The van der Waals surface area contributed by atoms with Gasteiger partial charge in [-0.25, -0.2) is 9.59 Å². The number of hydrogen-bond acceptors (Lipinski definition) is 7. The zero-order chi connectivity index (χ0) is 34.1. The van der Waals surface area contributed by atoms with E-state index in [1.807, 2.05) is 18.2 Å². The predicted molar refractivity (Wildman–Crippen MR) is 154 cm³/mol. The number of aromatic amines is 1. The lowest BCUT2D eigenvalue weighted by Crippen LogP contribution is -2.49. The number of nitrogens with zero attached hydrogens (tertiary/aromatic N) is 1. The van der Waals surface area contributed by atoms with Crippen molar-refractivity contribution in [3.63, 3.8) is 0 Å². The molecule has 248 valence electrons. The number of pyridine rings is 1. The predicted octanol–water partition coefficient (Wildman–Crippen LogP) is 4.65. The van der Waals surface area contributed by atoms with Crippen LogP contribution in [0.25, 0.3) is 10.9 Å². The fourth-order valence-corrected chi connectivity index (χ4v) is 5.69. The van der Waals surface area contributed by atoms with Crippen LogP contribution in [0, 0.1) is 5.92 Å². The van der Waals surface area contributed by atoms with E-state index in [-0.39, 0.29) is 17.9 Å². The van der Waals surface area contributed by atoms with E-state index in [4.69, 9.17) is 31.4 Å². The molecule has 1 fully saturated rings. The van der Waals surface area contributed by atoms with Gasteiger partial charge in [-0.05, 0) is 66.4 Å². The van der Waals surface area contributed by atoms with Gasteiger partial charge in [-0.1, -0.05) is 11.6 Å². The van der Waals surface area contributed by atoms with Gasteiger partial charge in [-0.2, -0.15) is 26.3 Å². The van der Waals surface area contributed by atoms with Crippen LogP contribution in [0.3, 0.4) is 0 Å². The molecule has 0 bridgehead atoms. The Labute approximate surface area is 267 Å². The number of amides is 2. The Bertz CT molecular complexity index is 1420. The van der Waals surface area contributed by atoms with Crippen molar-refractivity contribution in [2.24, 2.45) is 5.92 Å². The number of carbonyl (C=O) groups is 4. The summed E-state index contributed by atoms with van der Waals surface area (Å²) in [4.78, 5) is 51.4. The fourth-order valence-electron chi connectivity index (χ4n) is 3.78. The molecule has 0 spiro atoms. The highest BCUT2D eigenvalue weighted by Crippen LogP contribution is 2.34. The van der Waals surface area contributed by atoms with Gasteiger partial charge in [-0.15, -0.1) is 11.3 Å². The van der Waals surface area contributed by atoms with E-state index in [1.165, 1.54) is 4.88 Å². The van der Waals surface area contributed by atoms with Gasteiger partial charge in [0.05, 0.1) is 12.6 Å². The van der Waals surface area contributed by atoms with Gasteiger partial charge in [0.25, 0.3) is 0 Å². The van der Waals surface area contributed by atoms with Gasteiger partial charge < -0.3 is 31.1 Å². The number of hydrogen-bond donors (Lipinski definition) is 6. The molecule has 1 aliphatic heterocycles. The number of carboxylic acid groups (broad SMARTS) is 2. The largest absolute Gasteiger partial charge is 0.490 e. The fraction of sp³-hybridized carbons (Fsp3) is 0.400. The minimum absolute atomic E-state index is 0.146. The Balaban J connectivity index is 0.000000421. The van der Waals surface area contributed by atoms with E-state index in [0.717, 1.165) is 44.8 Å². The van der Waals surface area contributed by atoms with Gasteiger partial charge in [0.2, 0.25) is 11.8 Å². The molecule has 0 aliphatic carbocycles. The van der Waals surface area contributed by atoms with Crippen molar-refractivity contribution in [2.75, 3.05) is 6.54 Å². The number of aromatic nitrogens is 2. The van der Waals surface area contributed by atoms with Crippen molar-refractivity contribution >= 4 is 73.5 Å². The summed E-state index contributed by atoms with van der Waals surface area (Å²) in [6, 6.07) is 4.97. The summed E-state index contributed by atoms with van der Waals surface area (Å²) in [5, 5.41) is 24.2. The number of rotatable bonds is 7. The molecule has 1 aliphatic rings. The monoisotopic (exact) mass is 751 g/mol. The van der Waals surface area contributed by atoms with Crippen LogP contribution in [0.5, 0.6) is 0 Å². The Hall–Kier alpha value is -3.42. The highest BCUT2D eigenvalue weighted by molar-refractivity contribution is 9.10. The van der Waals surface area contributed by atoms with Crippen LogP contribution >= 0.6 is 38.9 Å². The second-order valence-corrected chi connectivity index (χ2v) is 12.0. The Kier molecular flexibility index (Phi) is 13.6. The summed E-state index contributed by atoms with van der Waals surface area (Å²) in [6.07, 6.45) is -5.07. The lowest BCUT2D eigenvalue weighted by molar-refractivity contribution is -0.193. The molecule has 11 nitrogen and oxygen atoms in total. The average Bonchev–Trinajstić information content (AvgIpc) is 3.65. The van der Waals surface area contributed by atoms with Crippen molar-refractivity contribution in [3.05, 3.63) is 50.0 Å². The van der Waals surface area contributed by atoms with E-state index in [9.17, 15) is 35.9 Å². The smallest absolute Gasteiger partial charge is 0.475 e. The van der Waals surface area contributed by atoms with E-state index >= 15 is 0 Å². The number of halogens is 8. The molecule has 1 unspecified atom stereocenters. The maximum atomic E-state index is 12.6. The first-order valence-electron chi connectivity index (χ1n) is 12.5. The first-order chi connectivity index (χ1) is 20.8. The summed E-state index contributed by atoms with van der Waals surface area (Å²) in [5.74, 6) is -5.53. The number of nitrogens with one attached hydrogen (secondary N) is 4. The summed E-state index contributed by atoms with van der Waals surface area (Å²) in [7, 11) is 0. The Morgan fingerprint density at radius 1 is 1.13 bits per heavy atom. The van der Waals surface area contributed by atoms with Crippen LogP contribution in [0.4, 0.5) is 26.3 Å². The van der Waals surface area contributed by atoms with Crippen molar-refractivity contribution in [2.45, 2.75) is 50.7 Å². The SMILES string of the molecule is CC(NC(=O)[C@H]1C[C@H](Cc2cc(Br)c(Cl)s2)CN1)C(=O)NCc1cc2cnccc2[nH]1.O=C(O)C(F)(F)F.O=C(O)C(F)(F)F. The number of thiophene rings is 1. The molecule has 0 aromatic carbocycles. The third kappa shape index (κ3) is 12.5. The lowest BCUT2D eigenvalue weighted by Gasteiger charge is -2.17. The number of alkyl halides is 6. The Morgan fingerprint density at radius 3 is 2.24 bits per heavy atom. The molecular weight excluding hydrogens is 728 g/mol. The van der Waals surface area contributed by atoms with Gasteiger partial charge >= 0.3 is 24.3 Å². The Morgan fingerprint density at radius 2 is 1.73 bits per heavy atom. The standard InChI is InChI=1S/C21H23BrClN5O2S.2C2HF3O2/c1-11(20(29)26-10-14-6-13-9-24-3-2-17(13)28-14)27-21(30)18-5-12(8-25-18)4-15-7-16(22)19(23)31-15;2*3-2(4,5)1(6)7/h2-3,6-7,9,11-12,18,25,28H,4-5,8,10H2,1H3,(H,26,29)(H,27,30);2*(H,6,7)/t11?,12-,18+;;/m0../s1. The minimum Gasteiger partial charge on any atom is -0.475 e. The average molecular weight is 753 g/mol. The lowest BCUT2D eigenvalue weighted by atomic mass is 10.0. The molecule has 2 amide bonds. The van der Waals surface area contributed by atoms with Crippen LogP contribution in [-0.4, -0.2) is 74.9 Å². The van der Waals surface area contributed by atoms with Crippen molar-refractivity contribution < 1.29 is 55.7 Å². The number of H-pyrrole nitrogens is 1. The number of aliphatic carboxylic acids is 2. The highest BCUT2D eigenvalue weighted by atomic mass is 79.9. The maximum Gasteiger partial charge on any atom is 0.490 e. The highest BCUT2D eigenvalue weighted by Gasteiger charge is 2.39. The van der Waals surface area contributed by atoms with Crippen LogP contribution in [-0.2, 0) is 32.1 Å². The molecule has 3 aromatic rings. The van der Waals surface area contributed by atoms with Crippen LogP contribution in [0.2, 0.25) is 4.34 Å². The van der Waals surface area contributed by atoms with E-state index in [1.54, 1.807) is 30.7 Å². The number of fused-ring (bicyclic) bond motifs is 1. The van der Waals surface area contributed by atoms with Crippen molar-refractivity contribution in [1.29, 1.82) is 0 Å². The van der Waals surface area contributed by atoms with Gasteiger partial charge in [0, 0.05) is 38.3 Å². The molecule has 4 rings (SSSR count). The molecule has 0 radical (unpaired) electrons. The molecule has 0 saturated carbocycles. The molecule has 3 atom stereocenters. The molecule has 45 heavy (non-hydrogen) atoms. The third-order valence-corrected chi connectivity index (χ3v) is 8.39. The minimum atomic E-state index is -5.08. The second kappa shape index (κ2) is 16.2. The molecule has 6 N–H and O–H groups in total. The quantitative estimate of drug-likeness (QED) is 0.189. The van der Waals surface area contributed by atoms with Gasteiger partial charge in [0.1, 0.15) is 10.4 Å². The zero-order valence-electron chi connectivity index (χ0n) is 22.9. The summed E-state index contributed by atoms with van der Waals surface area (Å²) in [5.41, 5.74) is 1.86. The number of carboxylic acids is 2. The second-order valence-electron chi connectivity index (χ2n) is 9.41. The normalized spacial score (nSPS) is 16.9. The first kappa shape index (κ1) is 37.8. The third-order valence-electron chi connectivity index (χ3n) is 5.89. The van der Waals surface area contributed by atoms with Gasteiger partial charge in [0.15, 0.2) is 0 Å². The van der Waals surface area contributed by atoms with Crippen molar-refractivity contribution in [3.8, 4) is 0 Å². The molecule has 3 aromatic heterocycles. The van der Waals surface area contributed by atoms with Crippen LogP contribution < -0.4 is 16.0 Å². The van der Waals surface area contributed by atoms with Gasteiger partial charge in [-0.3, -0.25) is 14.6 Å². The maximum absolute atomic E-state index is 12.6. The summed E-state index contributed by atoms with van der Waals surface area (Å²) < 4.78 is 65.1.